The number of nitrogens with zero attached hydrogens (tertiary/aromatic N) is 2. The van der Waals surface area contributed by atoms with Crippen LogP contribution in [0.15, 0.2) is 97.2 Å². The predicted molar refractivity (Wildman–Crippen MR) is 134 cm³/mol. The Bertz CT molecular complexity index is 1620. The van der Waals surface area contributed by atoms with E-state index in [2.05, 4.69) is 65.2 Å². The maximum atomic E-state index is 5.95. The van der Waals surface area contributed by atoms with Gasteiger partial charge < -0.3 is 9.47 Å². The van der Waals surface area contributed by atoms with Crippen molar-refractivity contribution in [1.29, 1.82) is 0 Å². The molecule has 0 aliphatic rings. The Morgan fingerprint density at radius 2 is 1.36 bits per heavy atom. The molecule has 160 valence electrons. The van der Waals surface area contributed by atoms with Crippen molar-refractivity contribution in [2.75, 3.05) is 14.2 Å². The quantitative estimate of drug-likeness (QED) is 0.302. The molecule has 0 saturated carbocycles. The highest BCUT2D eigenvalue weighted by atomic mass is 16.5. The minimum atomic E-state index is 0.748. The molecule has 0 bridgehead atoms. The maximum Gasteiger partial charge on any atom is 0.137 e. The fourth-order valence-electron chi connectivity index (χ4n) is 4.76. The van der Waals surface area contributed by atoms with Crippen molar-refractivity contribution in [3.05, 3.63) is 97.2 Å². The molecule has 0 spiro atoms. The molecule has 0 radical (unpaired) electrons. The van der Waals surface area contributed by atoms with Gasteiger partial charge in [0, 0.05) is 34.2 Å². The van der Waals surface area contributed by atoms with E-state index in [0.29, 0.717) is 0 Å². The third-order valence-electron chi connectivity index (χ3n) is 6.18. The fraction of sp³-hybridized carbons (Fsp3) is 0.0690. The predicted octanol–water partition coefficient (Wildman–Crippen LogP) is 6.99. The van der Waals surface area contributed by atoms with Crippen molar-refractivity contribution >= 4 is 27.5 Å². The van der Waals surface area contributed by atoms with Gasteiger partial charge in [0.1, 0.15) is 17.1 Å². The first-order valence-corrected chi connectivity index (χ1v) is 10.9. The SMILES string of the molecule is COc1cc(OC)c2c(-c3ccccc3)c(-c3ccccc3)c3nc4ccccn4c3c2c1. The summed E-state index contributed by atoms with van der Waals surface area (Å²) in [7, 11) is 3.40. The van der Waals surface area contributed by atoms with Crippen molar-refractivity contribution in [3.63, 3.8) is 0 Å². The lowest BCUT2D eigenvalue weighted by molar-refractivity contribution is 0.398. The molecule has 2 heterocycles. The summed E-state index contributed by atoms with van der Waals surface area (Å²) >= 11 is 0. The number of methoxy groups -OCH3 is 2. The standard InChI is InChI=1S/C29H22N2O2/c1-32-21-17-22-27(23(18-21)33-2)25(19-11-5-3-6-12-19)26(20-13-7-4-8-14-20)28-29(22)31-16-10-9-15-24(31)30-28/h3-18H,1-2H3. The molecule has 2 aromatic heterocycles. The Labute approximate surface area is 191 Å². The van der Waals surface area contributed by atoms with Crippen molar-refractivity contribution in [1.82, 2.24) is 9.38 Å². The highest BCUT2D eigenvalue weighted by molar-refractivity contribution is 6.22. The van der Waals surface area contributed by atoms with E-state index in [-0.39, 0.29) is 0 Å². The summed E-state index contributed by atoms with van der Waals surface area (Å²) in [6.07, 6.45) is 2.06. The summed E-state index contributed by atoms with van der Waals surface area (Å²) < 4.78 is 13.8. The van der Waals surface area contributed by atoms with Gasteiger partial charge in [-0.1, -0.05) is 66.7 Å². The molecular formula is C29H22N2O2. The number of fused-ring (bicyclic) bond motifs is 5. The van der Waals surface area contributed by atoms with E-state index in [9.17, 15) is 0 Å². The first kappa shape index (κ1) is 19.4. The van der Waals surface area contributed by atoms with Gasteiger partial charge in [0.2, 0.25) is 0 Å². The Morgan fingerprint density at radius 1 is 0.697 bits per heavy atom. The molecule has 0 aliphatic heterocycles. The average molecular weight is 431 g/mol. The smallest absolute Gasteiger partial charge is 0.137 e. The Hall–Kier alpha value is -4.31. The highest BCUT2D eigenvalue weighted by Gasteiger charge is 2.24. The van der Waals surface area contributed by atoms with Crippen LogP contribution in [0.1, 0.15) is 0 Å². The van der Waals surface area contributed by atoms with Crippen LogP contribution in [-0.4, -0.2) is 23.6 Å². The van der Waals surface area contributed by atoms with Crippen LogP contribution in [0.3, 0.4) is 0 Å². The first-order chi connectivity index (χ1) is 16.3. The van der Waals surface area contributed by atoms with Crippen LogP contribution < -0.4 is 9.47 Å². The lowest BCUT2D eigenvalue weighted by Gasteiger charge is -2.19. The van der Waals surface area contributed by atoms with Crippen LogP contribution in [0.25, 0.3) is 49.7 Å². The molecule has 4 nitrogen and oxygen atoms in total. The normalized spacial score (nSPS) is 11.3. The Morgan fingerprint density at radius 3 is 2.03 bits per heavy atom. The minimum Gasteiger partial charge on any atom is -0.497 e. The van der Waals surface area contributed by atoms with Gasteiger partial charge in [0.05, 0.1) is 25.3 Å². The number of imidazole rings is 1. The molecule has 0 N–H and O–H groups in total. The van der Waals surface area contributed by atoms with Gasteiger partial charge in [-0.15, -0.1) is 0 Å². The summed E-state index contributed by atoms with van der Waals surface area (Å²) in [4.78, 5) is 5.12. The van der Waals surface area contributed by atoms with Crippen LogP contribution in [0.5, 0.6) is 11.5 Å². The number of hydrogen-bond acceptors (Lipinski definition) is 3. The van der Waals surface area contributed by atoms with E-state index in [1.807, 2.05) is 36.4 Å². The molecule has 0 fully saturated rings. The van der Waals surface area contributed by atoms with Crippen LogP contribution in [0.2, 0.25) is 0 Å². The largest absolute Gasteiger partial charge is 0.497 e. The summed E-state index contributed by atoms with van der Waals surface area (Å²) in [6.45, 7) is 0. The van der Waals surface area contributed by atoms with E-state index in [1.165, 1.54) is 0 Å². The number of benzene rings is 4. The molecule has 33 heavy (non-hydrogen) atoms. The van der Waals surface area contributed by atoms with E-state index in [1.54, 1.807) is 14.2 Å². The first-order valence-electron chi connectivity index (χ1n) is 10.9. The number of hydrogen-bond donors (Lipinski definition) is 0. The zero-order chi connectivity index (χ0) is 22.4. The lowest BCUT2D eigenvalue weighted by Crippen LogP contribution is -1.96. The molecule has 4 heteroatoms. The van der Waals surface area contributed by atoms with E-state index in [0.717, 1.165) is 61.2 Å². The van der Waals surface area contributed by atoms with Gasteiger partial charge in [0.15, 0.2) is 0 Å². The zero-order valence-corrected chi connectivity index (χ0v) is 18.4. The number of ether oxygens (including phenoxy) is 2. The molecule has 0 unspecified atom stereocenters. The topological polar surface area (TPSA) is 35.8 Å². The maximum absolute atomic E-state index is 5.95. The van der Waals surface area contributed by atoms with Gasteiger partial charge in [-0.2, -0.15) is 0 Å². The zero-order valence-electron chi connectivity index (χ0n) is 18.4. The minimum absolute atomic E-state index is 0.748. The molecule has 0 amide bonds. The summed E-state index contributed by atoms with van der Waals surface area (Å²) in [6, 6.07) is 31.1. The van der Waals surface area contributed by atoms with Gasteiger partial charge >= 0.3 is 0 Å². The average Bonchev–Trinajstić information content (AvgIpc) is 3.27. The second kappa shape index (κ2) is 7.68. The second-order valence-electron chi connectivity index (χ2n) is 7.97. The van der Waals surface area contributed by atoms with E-state index >= 15 is 0 Å². The van der Waals surface area contributed by atoms with Gasteiger partial charge in [0.25, 0.3) is 0 Å². The van der Waals surface area contributed by atoms with Crippen LogP contribution >= 0.6 is 0 Å². The van der Waals surface area contributed by atoms with Gasteiger partial charge in [-0.25, -0.2) is 4.98 Å². The number of pyridine rings is 1. The fourth-order valence-corrected chi connectivity index (χ4v) is 4.76. The molecule has 0 aliphatic carbocycles. The van der Waals surface area contributed by atoms with Gasteiger partial charge in [-0.05, 0) is 29.3 Å². The van der Waals surface area contributed by atoms with Crippen molar-refractivity contribution in [2.45, 2.75) is 0 Å². The van der Waals surface area contributed by atoms with Crippen molar-refractivity contribution < 1.29 is 9.47 Å². The van der Waals surface area contributed by atoms with Crippen LogP contribution in [0, 0.1) is 0 Å². The molecule has 6 rings (SSSR count). The van der Waals surface area contributed by atoms with Crippen molar-refractivity contribution in [3.8, 4) is 33.8 Å². The number of aromatic nitrogens is 2. The van der Waals surface area contributed by atoms with E-state index < -0.39 is 0 Å². The molecule has 6 aromatic rings. The summed E-state index contributed by atoms with van der Waals surface area (Å²) in [5.74, 6) is 1.52. The van der Waals surface area contributed by atoms with Crippen LogP contribution in [0.4, 0.5) is 0 Å². The van der Waals surface area contributed by atoms with E-state index in [4.69, 9.17) is 14.5 Å². The number of rotatable bonds is 4. The summed E-state index contributed by atoms with van der Waals surface area (Å²) in [5, 5.41) is 2.08. The van der Waals surface area contributed by atoms with Crippen LogP contribution in [-0.2, 0) is 0 Å². The van der Waals surface area contributed by atoms with Crippen molar-refractivity contribution in [2.24, 2.45) is 0 Å². The van der Waals surface area contributed by atoms with Gasteiger partial charge in [-0.3, -0.25) is 4.40 Å². The molecular weight excluding hydrogens is 408 g/mol. The Kier molecular flexibility index (Phi) is 4.51. The highest BCUT2D eigenvalue weighted by Crippen LogP contribution is 2.48. The molecule has 0 atom stereocenters. The molecule has 4 aromatic carbocycles. The third-order valence-corrected chi connectivity index (χ3v) is 6.18. The molecule has 0 saturated heterocycles. The summed E-state index contributed by atoms with van der Waals surface area (Å²) in [5.41, 5.74) is 7.32. The lowest BCUT2D eigenvalue weighted by atomic mass is 9.87. The Balaban J connectivity index is 1.96. The second-order valence-corrected chi connectivity index (χ2v) is 7.97. The monoisotopic (exact) mass is 430 g/mol. The third kappa shape index (κ3) is 2.95.